The number of amides is 1. The topological polar surface area (TPSA) is 55.8 Å². The van der Waals surface area contributed by atoms with Crippen molar-refractivity contribution >= 4 is 12.1 Å². The van der Waals surface area contributed by atoms with Gasteiger partial charge in [-0.1, -0.05) is 30.3 Å². The van der Waals surface area contributed by atoms with Crippen LogP contribution < -0.4 is 0 Å². The van der Waals surface area contributed by atoms with Crippen LogP contribution in [0.3, 0.4) is 0 Å². The lowest BCUT2D eigenvalue weighted by Gasteiger charge is -2.51. The van der Waals surface area contributed by atoms with Gasteiger partial charge in [-0.15, -0.1) is 0 Å². The Balaban J connectivity index is 1.29. The smallest absolute Gasteiger partial charge is 0.410 e. The number of nitrogens with zero attached hydrogens (tertiary/aromatic N) is 2. The third-order valence-corrected chi connectivity index (χ3v) is 7.41. The minimum absolute atomic E-state index is 0.220. The van der Waals surface area contributed by atoms with Crippen LogP contribution in [0, 0.1) is 5.92 Å². The average molecular weight is 416 g/mol. The fourth-order valence-electron chi connectivity index (χ4n) is 5.75. The fourth-order valence-corrected chi connectivity index (χ4v) is 5.75. The molecule has 6 heteroatoms. The molecule has 1 aromatic rings. The van der Waals surface area contributed by atoms with Gasteiger partial charge in [0.1, 0.15) is 12.6 Å². The van der Waals surface area contributed by atoms with Crippen molar-refractivity contribution < 1.29 is 23.5 Å². The number of fused-ring (bicyclic) bond motifs is 1. The molecule has 0 aromatic heterocycles. The zero-order valence-corrected chi connectivity index (χ0v) is 18.1. The molecule has 0 spiro atoms. The number of hydrogen-bond acceptors (Lipinski definition) is 4. The first-order valence-corrected chi connectivity index (χ1v) is 11.5. The summed E-state index contributed by atoms with van der Waals surface area (Å²) in [7, 11) is 2.37. The number of rotatable bonds is 5. The maximum Gasteiger partial charge on any atom is 0.410 e. The Labute approximate surface area is 179 Å². The van der Waals surface area contributed by atoms with E-state index < -0.39 is 12.1 Å². The normalized spacial score (nSPS) is 31.1. The highest BCUT2D eigenvalue weighted by molar-refractivity contribution is 5.82. The first-order chi connectivity index (χ1) is 14.6. The zero-order chi connectivity index (χ0) is 21.0. The SMILES string of the molecule is C[N@+]12CCCC[C@H]1[C@@H](COC(=O)[C@H]1CCCN1C(=O)OCc1ccccc1)CCC2. The molecule has 3 aliphatic rings. The Morgan fingerprint density at radius 1 is 1.00 bits per heavy atom. The van der Waals surface area contributed by atoms with Gasteiger partial charge >= 0.3 is 12.1 Å². The summed E-state index contributed by atoms with van der Waals surface area (Å²) in [5, 5.41) is 0. The van der Waals surface area contributed by atoms with E-state index >= 15 is 0 Å². The molecular weight excluding hydrogens is 380 g/mol. The first kappa shape index (κ1) is 21.2. The standard InChI is InChI=1S/C24H35N2O4/c1-26-15-6-5-13-22(26)20(11-8-16-26)18-29-23(27)21-12-7-14-25(21)24(28)30-17-19-9-3-2-4-10-19/h2-4,9-10,20-22H,5-8,11-18H2,1H3/q+1/t20-,21-,22+,26-/m1/s1. The molecule has 0 aliphatic carbocycles. The lowest BCUT2D eigenvalue weighted by atomic mass is 9.82. The predicted octanol–water partition coefficient (Wildman–Crippen LogP) is 3.74. The van der Waals surface area contributed by atoms with Crippen LogP contribution in [-0.4, -0.2) is 66.8 Å². The molecule has 3 aliphatic heterocycles. The van der Waals surface area contributed by atoms with Gasteiger partial charge in [-0.3, -0.25) is 4.90 Å². The second-order valence-corrected chi connectivity index (χ2v) is 9.41. The fraction of sp³-hybridized carbons (Fsp3) is 0.667. The number of carbonyl (C=O) groups excluding carboxylic acids is 2. The van der Waals surface area contributed by atoms with Crippen LogP contribution in [0.15, 0.2) is 30.3 Å². The molecule has 3 saturated heterocycles. The number of hydrogen-bond donors (Lipinski definition) is 0. The largest absolute Gasteiger partial charge is 0.464 e. The van der Waals surface area contributed by atoms with Crippen LogP contribution in [0.2, 0.25) is 0 Å². The molecule has 0 unspecified atom stereocenters. The second kappa shape index (κ2) is 9.38. The van der Waals surface area contributed by atoms with E-state index in [2.05, 4.69) is 7.05 Å². The lowest BCUT2D eigenvalue weighted by Crippen LogP contribution is -2.61. The van der Waals surface area contributed by atoms with Gasteiger partial charge in [0.25, 0.3) is 0 Å². The number of esters is 1. The van der Waals surface area contributed by atoms with Gasteiger partial charge in [-0.05, 0) is 44.1 Å². The minimum Gasteiger partial charge on any atom is -0.464 e. The predicted molar refractivity (Wildman–Crippen MR) is 114 cm³/mol. The molecule has 30 heavy (non-hydrogen) atoms. The molecule has 3 heterocycles. The van der Waals surface area contributed by atoms with Gasteiger partial charge in [0, 0.05) is 18.9 Å². The molecule has 4 rings (SSSR count). The molecule has 4 atom stereocenters. The third kappa shape index (κ3) is 4.64. The van der Waals surface area contributed by atoms with Gasteiger partial charge in [0.2, 0.25) is 0 Å². The summed E-state index contributed by atoms with van der Waals surface area (Å²) in [6.07, 6.45) is 7.21. The molecule has 0 bridgehead atoms. The van der Waals surface area contributed by atoms with E-state index in [1.165, 1.54) is 38.8 Å². The molecule has 0 N–H and O–H groups in total. The molecule has 6 nitrogen and oxygen atoms in total. The Bertz CT molecular complexity index is 736. The van der Waals surface area contributed by atoms with Crippen molar-refractivity contribution in [1.29, 1.82) is 0 Å². The van der Waals surface area contributed by atoms with Gasteiger partial charge < -0.3 is 14.0 Å². The minimum atomic E-state index is -0.510. The first-order valence-electron chi connectivity index (χ1n) is 11.5. The van der Waals surface area contributed by atoms with Crippen LogP contribution in [-0.2, 0) is 20.9 Å². The van der Waals surface area contributed by atoms with E-state index in [0.29, 0.717) is 31.5 Å². The van der Waals surface area contributed by atoms with E-state index in [1.54, 1.807) is 4.90 Å². The van der Waals surface area contributed by atoms with Crippen LogP contribution in [0.4, 0.5) is 4.79 Å². The summed E-state index contributed by atoms with van der Waals surface area (Å²) < 4.78 is 12.4. The highest BCUT2D eigenvalue weighted by Gasteiger charge is 2.44. The van der Waals surface area contributed by atoms with Crippen molar-refractivity contribution in [3.8, 4) is 0 Å². The Kier molecular flexibility index (Phi) is 6.61. The van der Waals surface area contributed by atoms with E-state index in [9.17, 15) is 9.59 Å². The summed E-state index contributed by atoms with van der Waals surface area (Å²) >= 11 is 0. The van der Waals surface area contributed by atoms with Gasteiger partial charge in [0.15, 0.2) is 0 Å². The average Bonchev–Trinajstić information content (AvgIpc) is 3.26. The summed E-state index contributed by atoms with van der Waals surface area (Å²) in [4.78, 5) is 27.0. The van der Waals surface area contributed by atoms with Crippen LogP contribution in [0.5, 0.6) is 0 Å². The summed E-state index contributed by atoms with van der Waals surface area (Å²) in [5.41, 5.74) is 0.940. The van der Waals surface area contributed by atoms with Crippen molar-refractivity contribution in [3.05, 3.63) is 35.9 Å². The molecule has 3 fully saturated rings. The van der Waals surface area contributed by atoms with Crippen LogP contribution >= 0.6 is 0 Å². The molecule has 164 valence electrons. The second-order valence-electron chi connectivity index (χ2n) is 9.41. The number of piperidine rings is 2. The number of benzene rings is 1. The Morgan fingerprint density at radius 2 is 1.80 bits per heavy atom. The van der Waals surface area contributed by atoms with E-state index in [1.807, 2.05) is 30.3 Å². The lowest BCUT2D eigenvalue weighted by molar-refractivity contribution is -0.947. The molecule has 1 amide bonds. The van der Waals surface area contributed by atoms with Crippen molar-refractivity contribution in [2.24, 2.45) is 5.92 Å². The zero-order valence-electron chi connectivity index (χ0n) is 18.1. The van der Waals surface area contributed by atoms with Crippen LogP contribution in [0.1, 0.15) is 50.5 Å². The maximum absolute atomic E-state index is 12.8. The summed E-state index contributed by atoms with van der Waals surface area (Å²) in [5.74, 6) is 0.174. The van der Waals surface area contributed by atoms with E-state index in [-0.39, 0.29) is 12.6 Å². The number of ether oxygens (including phenoxy) is 2. The summed E-state index contributed by atoms with van der Waals surface area (Å²) in [6, 6.07) is 9.70. The quantitative estimate of drug-likeness (QED) is 0.543. The Morgan fingerprint density at radius 3 is 2.63 bits per heavy atom. The molecule has 0 radical (unpaired) electrons. The highest BCUT2D eigenvalue weighted by atomic mass is 16.6. The van der Waals surface area contributed by atoms with Crippen LogP contribution in [0.25, 0.3) is 0 Å². The highest BCUT2D eigenvalue weighted by Crippen LogP contribution is 2.36. The Hall–Kier alpha value is -2.08. The van der Waals surface area contributed by atoms with Crippen molar-refractivity contribution in [1.82, 2.24) is 4.90 Å². The van der Waals surface area contributed by atoms with Gasteiger partial charge in [-0.25, -0.2) is 9.59 Å². The van der Waals surface area contributed by atoms with Gasteiger partial charge in [0.05, 0.1) is 32.8 Å². The van der Waals surface area contributed by atoms with Crippen molar-refractivity contribution in [3.63, 3.8) is 0 Å². The molecular formula is C24H35N2O4+. The third-order valence-electron chi connectivity index (χ3n) is 7.41. The number of quaternary nitrogens is 1. The van der Waals surface area contributed by atoms with Crippen molar-refractivity contribution in [2.75, 3.05) is 33.3 Å². The molecule has 0 saturated carbocycles. The van der Waals surface area contributed by atoms with Gasteiger partial charge in [-0.2, -0.15) is 0 Å². The number of likely N-dealkylation sites (tertiary alicyclic amines) is 1. The summed E-state index contributed by atoms with van der Waals surface area (Å²) in [6.45, 7) is 3.75. The molecule has 1 aromatic carbocycles. The van der Waals surface area contributed by atoms with E-state index in [4.69, 9.17) is 9.47 Å². The number of carbonyl (C=O) groups is 2. The maximum atomic E-state index is 12.8. The van der Waals surface area contributed by atoms with E-state index in [0.717, 1.165) is 22.9 Å². The monoisotopic (exact) mass is 415 g/mol. The van der Waals surface area contributed by atoms with Crippen molar-refractivity contribution in [2.45, 2.75) is 63.6 Å².